The van der Waals surface area contributed by atoms with E-state index < -0.39 is 11.6 Å². The molecular formula is C19H31F2N. The second-order valence-electron chi connectivity index (χ2n) is 6.60. The van der Waals surface area contributed by atoms with Crippen molar-refractivity contribution >= 4 is 5.69 Å². The molecule has 0 heterocycles. The summed E-state index contributed by atoms with van der Waals surface area (Å²) < 4.78 is 27.4. The zero-order valence-corrected chi connectivity index (χ0v) is 14.6. The first-order chi connectivity index (χ1) is 10.5. The first-order valence-corrected chi connectivity index (χ1v) is 8.65. The van der Waals surface area contributed by atoms with Gasteiger partial charge in [0.15, 0.2) is 0 Å². The van der Waals surface area contributed by atoms with Crippen LogP contribution in [0.25, 0.3) is 0 Å². The Bertz CT molecular complexity index is 441. The van der Waals surface area contributed by atoms with Gasteiger partial charge in [-0.2, -0.15) is 0 Å². The van der Waals surface area contributed by atoms with Gasteiger partial charge >= 0.3 is 0 Å². The fourth-order valence-electron chi connectivity index (χ4n) is 2.69. The lowest BCUT2D eigenvalue weighted by Gasteiger charge is -2.36. The minimum atomic E-state index is -0.513. The largest absolute Gasteiger partial charge is 0.369 e. The summed E-state index contributed by atoms with van der Waals surface area (Å²) in [7, 11) is 0. The summed E-state index contributed by atoms with van der Waals surface area (Å²) in [5.41, 5.74) is 0.692. The maximum Gasteiger partial charge on any atom is 0.149 e. The molecule has 0 aliphatic carbocycles. The fraction of sp³-hybridized carbons (Fsp3) is 0.684. The van der Waals surface area contributed by atoms with E-state index in [1.165, 1.54) is 18.9 Å². The summed E-state index contributed by atoms with van der Waals surface area (Å²) in [5.74, 6) is -0.967. The average molecular weight is 311 g/mol. The third-order valence-corrected chi connectivity index (χ3v) is 4.81. The topological polar surface area (TPSA) is 3.24 Å². The zero-order valence-electron chi connectivity index (χ0n) is 14.6. The van der Waals surface area contributed by atoms with Crippen LogP contribution in [-0.4, -0.2) is 13.1 Å². The van der Waals surface area contributed by atoms with Crippen molar-refractivity contribution in [1.29, 1.82) is 0 Å². The first-order valence-electron chi connectivity index (χ1n) is 8.65. The lowest BCUT2D eigenvalue weighted by atomic mass is 9.84. The van der Waals surface area contributed by atoms with Crippen LogP contribution < -0.4 is 4.90 Å². The molecule has 0 fully saturated rings. The molecule has 0 aromatic heterocycles. The fourth-order valence-corrected chi connectivity index (χ4v) is 2.69. The number of rotatable bonds is 10. The monoisotopic (exact) mass is 311 g/mol. The Morgan fingerprint density at radius 1 is 1.00 bits per heavy atom. The highest BCUT2D eigenvalue weighted by molar-refractivity contribution is 5.48. The Morgan fingerprint density at radius 2 is 1.68 bits per heavy atom. The van der Waals surface area contributed by atoms with Crippen LogP contribution in [-0.2, 0) is 0 Å². The minimum Gasteiger partial charge on any atom is -0.369 e. The standard InChI is InChI=1S/C19H31F2N/c1-5-8-9-10-13-22(15-19(4,6-2)7-3)18-12-11-16(20)14-17(18)21/h11-12,14H,5-10,13,15H2,1-4H3. The predicted octanol–water partition coefficient (Wildman–Crippen LogP) is 6.18. The lowest BCUT2D eigenvalue weighted by molar-refractivity contribution is 0.299. The van der Waals surface area contributed by atoms with Crippen molar-refractivity contribution in [2.45, 2.75) is 66.2 Å². The van der Waals surface area contributed by atoms with Crippen molar-refractivity contribution in [3.05, 3.63) is 29.8 Å². The van der Waals surface area contributed by atoms with Gasteiger partial charge in [0.2, 0.25) is 0 Å². The van der Waals surface area contributed by atoms with Gasteiger partial charge in [0, 0.05) is 19.2 Å². The third kappa shape index (κ3) is 5.58. The maximum atomic E-state index is 14.2. The Kier molecular flexibility index (Phi) is 7.84. The molecule has 0 unspecified atom stereocenters. The molecule has 0 spiro atoms. The molecule has 1 nitrogen and oxygen atoms in total. The van der Waals surface area contributed by atoms with E-state index in [1.54, 1.807) is 6.07 Å². The third-order valence-electron chi connectivity index (χ3n) is 4.81. The van der Waals surface area contributed by atoms with E-state index in [-0.39, 0.29) is 5.41 Å². The van der Waals surface area contributed by atoms with Crippen LogP contribution in [0, 0.1) is 17.0 Å². The molecule has 3 heteroatoms. The molecule has 22 heavy (non-hydrogen) atoms. The molecule has 0 radical (unpaired) electrons. The van der Waals surface area contributed by atoms with Crippen LogP contribution in [0.15, 0.2) is 18.2 Å². The van der Waals surface area contributed by atoms with Crippen LogP contribution in [0.4, 0.5) is 14.5 Å². The summed E-state index contributed by atoms with van der Waals surface area (Å²) in [6, 6.07) is 3.92. The first kappa shape index (κ1) is 18.9. The van der Waals surface area contributed by atoms with E-state index >= 15 is 0 Å². The number of hydrogen-bond donors (Lipinski definition) is 0. The number of nitrogens with zero attached hydrogens (tertiary/aromatic N) is 1. The summed E-state index contributed by atoms with van der Waals surface area (Å²) >= 11 is 0. The van der Waals surface area contributed by atoms with Crippen molar-refractivity contribution in [1.82, 2.24) is 0 Å². The molecule has 0 aliphatic rings. The van der Waals surface area contributed by atoms with Gasteiger partial charge in [-0.1, -0.05) is 47.0 Å². The van der Waals surface area contributed by atoms with Crippen molar-refractivity contribution in [3.8, 4) is 0 Å². The molecule has 0 atom stereocenters. The van der Waals surface area contributed by atoms with Crippen molar-refractivity contribution in [3.63, 3.8) is 0 Å². The highest BCUT2D eigenvalue weighted by Crippen LogP contribution is 2.30. The van der Waals surface area contributed by atoms with Gasteiger partial charge in [-0.15, -0.1) is 0 Å². The summed E-state index contributed by atoms with van der Waals surface area (Å²) in [4.78, 5) is 2.11. The summed E-state index contributed by atoms with van der Waals surface area (Å²) in [5, 5.41) is 0. The van der Waals surface area contributed by atoms with Crippen molar-refractivity contribution < 1.29 is 8.78 Å². The van der Waals surface area contributed by atoms with Crippen LogP contribution >= 0.6 is 0 Å². The molecule has 0 amide bonds. The lowest BCUT2D eigenvalue weighted by Crippen LogP contribution is -2.36. The quantitative estimate of drug-likeness (QED) is 0.466. The molecule has 0 bridgehead atoms. The molecule has 1 aromatic carbocycles. The normalized spacial score (nSPS) is 11.7. The molecule has 0 saturated heterocycles. The Morgan fingerprint density at radius 3 is 2.23 bits per heavy atom. The number of halogens is 2. The van der Waals surface area contributed by atoms with Gasteiger partial charge in [0.1, 0.15) is 11.6 Å². The maximum absolute atomic E-state index is 14.2. The highest BCUT2D eigenvalue weighted by Gasteiger charge is 2.24. The van der Waals surface area contributed by atoms with Crippen LogP contribution in [0.2, 0.25) is 0 Å². The average Bonchev–Trinajstić information content (AvgIpc) is 2.50. The van der Waals surface area contributed by atoms with E-state index in [4.69, 9.17) is 0 Å². The smallest absolute Gasteiger partial charge is 0.149 e. The summed E-state index contributed by atoms with van der Waals surface area (Å²) in [6.45, 7) is 10.4. The molecule has 126 valence electrons. The van der Waals surface area contributed by atoms with Gasteiger partial charge < -0.3 is 4.90 Å². The summed E-state index contributed by atoms with van der Waals surface area (Å²) in [6.07, 6.45) is 6.71. The van der Waals surface area contributed by atoms with Gasteiger partial charge in [-0.05, 0) is 36.8 Å². The molecule has 0 N–H and O–H groups in total. The van der Waals surface area contributed by atoms with Gasteiger partial charge in [-0.3, -0.25) is 0 Å². The SMILES string of the molecule is CCCCCCN(CC(C)(CC)CC)c1ccc(F)cc1F. The Balaban J connectivity index is 2.89. The van der Waals surface area contributed by atoms with Gasteiger partial charge in [0.05, 0.1) is 5.69 Å². The van der Waals surface area contributed by atoms with Crippen LogP contribution in [0.1, 0.15) is 66.2 Å². The van der Waals surface area contributed by atoms with Crippen LogP contribution in [0.3, 0.4) is 0 Å². The Labute approximate surface area is 134 Å². The zero-order chi connectivity index (χ0) is 16.6. The van der Waals surface area contributed by atoms with Gasteiger partial charge in [0.25, 0.3) is 0 Å². The molecule has 0 saturated carbocycles. The number of benzene rings is 1. The molecular weight excluding hydrogens is 280 g/mol. The molecule has 1 rings (SSSR count). The second-order valence-corrected chi connectivity index (χ2v) is 6.60. The molecule has 0 aliphatic heterocycles. The van der Waals surface area contributed by atoms with E-state index in [0.717, 1.165) is 44.8 Å². The van der Waals surface area contributed by atoms with E-state index in [2.05, 4.69) is 32.6 Å². The van der Waals surface area contributed by atoms with E-state index in [9.17, 15) is 8.78 Å². The molecule has 1 aromatic rings. The Hall–Kier alpha value is -1.12. The van der Waals surface area contributed by atoms with E-state index in [0.29, 0.717) is 5.69 Å². The minimum absolute atomic E-state index is 0.158. The number of anilines is 1. The highest BCUT2D eigenvalue weighted by atomic mass is 19.1. The second kappa shape index (κ2) is 9.12. The van der Waals surface area contributed by atoms with Crippen molar-refractivity contribution in [2.75, 3.05) is 18.0 Å². The number of unbranched alkanes of at least 4 members (excludes halogenated alkanes) is 3. The van der Waals surface area contributed by atoms with Crippen LogP contribution in [0.5, 0.6) is 0 Å². The predicted molar refractivity (Wildman–Crippen MR) is 91.4 cm³/mol. The van der Waals surface area contributed by atoms with Crippen molar-refractivity contribution in [2.24, 2.45) is 5.41 Å². The number of hydrogen-bond acceptors (Lipinski definition) is 1. The van der Waals surface area contributed by atoms with Gasteiger partial charge in [-0.25, -0.2) is 8.78 Å². The van der Waals surface area contributed by atoms with E-state index in [1.807, 2.05) is 0 Å².